The molecule has 0 spiro atoms. The lowest BCUT2D eigenvalue weighted by atomic mass is 10.1. The predicted octanol–water partition coefficient (Wildman–Crippen LogP) is 5.51. The molecule has 334 valence electrons. The van der Waals surface area contributed by atoms with Crippen LogP contribution in [0, 0.1) is 0 Å². The van der Waals surface area contributed by atoms with Crippen LogP contribution in [0.4, 0.5) is 16.0 Å². The molecule has 6 aromatic rings. The Bertz CT molecular complexity index is 2790. The highest BCUT2D eigenvalue weighted by molar-refractivity contribution is 8.54. The number of esters is 1. The summed E-state index contributed by atoms with van der Waals surface area (Å²) in [7, 11) is -3.41. The number of ether oxygens (including phenoxy) is 4. The van der Waals surface area contributed by atoms with Crippen molar-refractivity contribution in [3.8, 4) is 11.5 Å². The second-order valence-corrected chi connectivity index (χ2v) is 19.3. The summed E-state index contributed by atoms with van der Waals surface area (Å²) in [4.78, 5) is 40.4. The van der Waals surface area contributed by atoms with Crippen molar-refractivity contribution in [1.29, 1.82) is 0 Å². The van der Waals surface area contributed by atoms with Gasteiger partial charge in [-0.2, -0.15) is 0 Å². The van der Waals surface area contributed by atoms with E-state index in [1.165, 1.54) is 42.0 Å². The van der Waals surface area contributed by atoms with E-state index in [0.29, 0.717) is 22.5 Å². The summed E-state index contributed by atoms with van der Waals surface area (Å²) >= 11 is 0.843. The Kier molecular flexibility index (Phi) is 12.7. The van der Waals surface area contributed by atoms with Crippen LogP contribution in [0.2, 0.25) is 0 Å². The molecule has 2 unspecified atom stereocenters. The molecule has 0 bridgehead atoms. The highest BCUT2D eigenvalue weighted by Gasteiger charge is 2.51. The molecule has 4 aromatic heterocycles. The number of nitrogens with two attached hydrogens (primary N) is 2. The SMILES string of the molecule is [N-]=[N+]=NCCOc1ccc(C(=O)Oc2ccc(CS[P@@]3(=O)OCC4O[C@@H](n5cnc6c(N)ncnc65)[C@H](F)[C@@H]4O[PH](=O)OC[C@H]4O[C@@H](n5cnc6c(N)ncnc65)C[C@@H]4O3)cc2)cc1. The monoisotopic (exact) mass is 939 g/mol. The molecule has 4 N–H and O–H groups in total. The van der Waals surface area contributed by atoms with Crippen molar-refractivity contribution in [2.45, 2.75) is 55.2 Å². The molecule has 2 aromatic carbocycles. The van der Waals surface area contributed by atoms with E-state index in [1.54, 1.807) is 41.0 Å². The molecular weight excluding hydrogens is 903 g/mol. The highest BCUT2D eigenvalue weighted by Crippen LogP contribution is 2.64. The van der Waals surface area contributed by atoms with E-state index < -0.39 is 70.7 Å². The van der Waals surface area contributed by atoms with E-state index in [4.69, 9.17) is 54.0 Å². The van der Waals surface area contributed by atoms with Crippen molar-refractivity contribution in [2.75, 3.05) is 37.8 Å². The Morgan fingerprint density at radius 3 is 2.33 bits per heavy atom. The second-order valence-electron chi connectivity index (χ2n) is 14.2. The van der Waals surface area contributed by atoms with Gasteiger partial charge in [-0.3, -0.25) is 22.7 Å². The first-order valence-corrected chi connectivity index (χ1v) is 23.7. The van der Waals surface area contributed by atoms with Crippen LogP contribution in [0.25, 0.3) is 32.8 Å². The Hall–Kier alpha value is -5.78. The van der Waals surface area contributed by atoms with Crippen LogP contribution >= 0.6 is 26.4 Å². The van der Waals surface area contributed by atoms with Gasteiger partial charge in [0.15, 0.2) is 35.3 Å². The molecule has 0 amide bonds. The van der Waals surface area contributed by atoms with E-state index in [9.17, 15) is 13.9 Å². The van der Waals surface area contributed by atoms with Gasteiger partial charge in [0.05, 0.1) is 44.6 Å². The van der Waals surface area contributed by atoms with Crippen LogP contribution in [-0.4, -0.2) is 102 Å². The molecule has 3 saturated heterocycles. The fourth-order valence-corrected chi connectivity index (χ4v) is 11.4. The molecule has 3 fully saturated rings. The number of imidazole rings is 2. The fourth-order valence-electron chi connectivity index (χ4n) is 7.10. The summed E-state index contributed by atoms with van der Waals surface area (Å²) < 4.78 is 94.8. The zero-order valence-electron chi connectivity index (χ0n) is 33.0. The van der Waals surface area contributed by atoms with Crippen LogP contribution in [0.15, 0.2) is 79.0 Å². The molecule has 9 atom stereocenters. The first-order chi connectivity index (χ1) is 31.1. The Morgan fingerprint density at radius 1 is 0.922 bits per heavy atom. The van der Waals surface area contributed by atoms with Crippen LogP contribution in [0.1, 0.15) is 34.8 Å². The third-order valence-electron chi connectivity index (χ3n) is 10.2. The summed E-state index contributed by atoms with van der Waals surface area (Å²) in [5.41, 5.74) is 22.4. The van der Waals surface area contributed by atoms with E-state index >= 15 is 4.39 Å². The Balaban J connectivity index is 0.929. The third-order valence-corrected chi connectivity index (χ3v) is 14.8. The number of hydrogen-bond donors (Lipinski definition) is 2. The van der Waals surface area contributed by atoms with Crippen molar-refractivity contribution in [3.05, 3.63) is 95.4 Å². The van der Waals surface area contributed by atoms with Crippen molar-refractivity contribution >= 4 is 66.4 Å². The number of fused-ring (bicyclic) bond motifs is 4. The quantitative estimate of drug-likeness (QED) is 0.0307. The van der Waals surface area contributed by atoms with Gasteiger partial charge in [-0.25, -0.2) is 43.7 Å². The molecule has 0 saturated carbocycles. The first kappa shape index (κ1) is 43.5. The van der Waals surface area contributed by atoms with Gasteiger partial charge < -0.3 is 39.5 Å². The lowest BCUT2D eigenvalue weighted by molar-refractivity contribution is -0.0535. The van der Waals surface area contributed by atoms with Gasteiger partial charge in [0.2, 0.25) is 0 Å². The smallest absolute Gasteiger partial charge is 0.389 e. The third kappa shape index (κ3) is 9.24. The number of carbonyl (C=O) groups is 1. The number of nitrogen functional groups attached to an aromatic ring is 2. The van der Waals surface area contributed by atoms with Gasteiger partial charge in [0.25, 0.3) is 0 Å². The molecule has 0 radical (unpaired) electrons. The zero-order valence-corrected chi connectivity index (χ0v) is 35.7. The van der Waals surface area contributed by atoms with Gasteiger partial charge >= 0.3 is 21.0 Å². The molecule has 0 aliphatic carbocycles. The van der Waals surface area contributed by atoms with Crippen molar-refractivity contribution in [3.63, 3.8) is 0 Å². The molecule has 3 aliphatic rings. The minimum absolute atomic E-state index is 0.0656. The minimum atomic E-state index is -4.25. The number of halogens is 1. The summed E-state index contributed by atoms with van der Waals surface area (Å²) in [6.45, 7) is -4.82. The number of nitrogens with zero attached hydrogens (tertiary/aromatic N) is 11. The number of rotatable bonds is 11. The maximum atomic E-state index is 16.4. The van der Waals surface area contributed by atoms with Crippen molar-refractivity contribution in [1.82, 2.24) is 39.0 Å². The molecule has 24 nitrogen and oxygen atoms in total. The molecule has 28 heteroatoms. The summed E-state index contributed by atoms with van der Waals surface area (Å²) in [6, 6.07) is 12.8. The molecule has 64 heavy (non-hydrogen) atoms. The second kappa shape index (κ2) is 18.7. The number of alkyl halides is 1. The first-order valence-electron chi connectivity index (χ1n) is 19.3. The normalized spacial score (nSPS) is 27.2. The van der Waals surface area contributed by atoms with E-state index in [1.807, 2.05) is 0 Å². The highest BCUT2D eigenvalue weighted by atomic mass is 32.7. The van der Waals surface area contributed by atoms with Crippen LogP contribution < -0.4 is 20.9 Å². The largest absolute Gasteiger partial charge is 0.493 e. The van der Waals surface area contributed by atoms with E-state index in [0.717, 1.165) is 11.4 Å². The van der Waals surface area contributed by atoms with Crippen LogP contribution in [0.3, 0.4) is 0 Å². The van der Waals surface area contributed by atoms with Gasteiger partial charge in [-0.05, 0) is 58.9 Å². The van der Waals surface area contributed by atoms with E-state index in [-0.39, 0.29) is 66.0 Å². The molecular formula is C36H36FN13O11P2S. The average molecular weight is 940 g/mol. The number of benzene rings is 2. The summed E-state index contributed by atoms with van der Waals surface area (Å²) in [5, 5.41) is 3.41. The minimum Gasteiger partial charge on any atom is -0.493 e. The molecule has 3 aliphatic heterocycles. The van der Waals surface area contributed by atoms with Gasteiger partial charge in [0, 0.05) is 17.1 Å². The fraction of sp³-hybridized carbons (Fsp3) is 0.361. The predicted molar refractivity (Wildman–Crippen MR) is 224 cm³/mol. The molecule has 7 heterocycles. The maximum absolute atomic E-state index is 16.4. The van der Waals surface area contributed by atoms with Crippen LogP contribution in [0.5, 0.6) is 11.5 Å². The number of carbonyl (C=O) groups excluding carboxylic acids is 1. The Morgan fingerprint density at radius 2 is 1.61 bits per heavy atom. The number of anilines is 2. The van der Waals surface area contributed by atoms with Gasteiger partial charge in [-0.15, -0.1) is 0 Å². The standard InChI is InChI=1S/C36H36FN13O11P2S/c37-27-30-25(59-35(27)50-18-46-29-32(39)42-16-44-34(29)50)13-56-63(53,61-23-11-26(58-24(23)12-55-62(52)60-30)49-17-45-28-31(38)41-15-43-33(28)49)64-14-19-1-5-22(6-2-19)57-36(51)20-3-7-21(8-4-20)54-10-9-47-48-40/h1-8,15-18,23-27,30,35,62H,9-14H2,(H2,38,41,43)(H2,39,42,44)/t23-,24+,25?,26+,27+,30+,35+,63-/m0/s1. The Labute approximate surface area is 364 Å². The van der Waals surface area contributed by atoms with E-state index in [2.05, 4.69) is 39.9 Å². The maximum Gasteiger partial charge on any atom is 0.389 e. The van der Waals surface area contributed by atoms with Gasteiger partial charge in [-0.1, -0.05) is 17.2 Å². The zero-order chi connectivity index (χ0) is 44.4. The average Bonchev–Trinajstić information content (AvgIpc) is 4.09. The molecule has 9 rings (SSSR count). The van der Waals surface area contributed by atoms with Crippen LogP contribution in [-0.2, 0) is 42.5 Å². The lowest BCUT2D eigenvalue weighted by Crippen LogP contribution is -2.34. The summed E-state index contributed by atoms with van der Waals surface area (Å²) in [6.07, 6.45) is -3.62. The number of hydrogen-bond acceptors (Lipinski definition) is 21. The summed E-state index contributed by atoms with van der Waals surface area (Å²) in [5.74, 6) is 0.405. The van der Waals surface area contributed by atoms with Crippen molar-refractivity contribution < 1.29 is 55.4 Å². The lowest BCUT2D eigenvalue weighted by Gasteiger charge is -2.27. The van der Waals surface area contributed by atoms with Gasteiger partial charge in [0.1, 0.15) is 65.8 Å². The number of aromatic nitrogens is 8. The topological polar surface area (TPSA) is 313 Å². The number of azide groups is 1. The van der Waals surface area contributed by atoms with Crippen molar-refractivity contribution in [2.24, 2.45) is 5.11 Å².